The Morgan fingerprint density at radius 1 is 0.900 bits per heavy atom. The number of aromatic nitrogens is 4. The summed E-state index contributed by atoms with van der Waals surface area (Å²) >= 11 is 0. The number of rotatable bonds is 1. The van der Waals surface area contributed by atoms with Crippen LogP contribution in [0.1, 0.15) is 0 Å². The summed E-state index contributed by atoms with van der Waals surface area (Å²) in [6, 6.07) is 16.9. The third-order valence-electron chi connectivity index (χ3n) is 3.25. The fraction of sp³-hybridized carbons (Fsp3) is 0. The molecule has 4 rings (SSSR count). The Kier molecular flexibility index (Phi) is 2.20. The summed E-state index contributed by atoms with van der Waals surface area (Å²) in [5.41, 5.74) is 2.62. The van der Waals surface area contributed by atoms with Crippen LogP contribution in [0, 0.1) is 0 Å². The summed E-state index contributed by atoms with van der Waals surface area (Å²) in [5.74, 6) is 0. The lowest BCUT2D eigenvalue weighted by atomic mass is 10.3. The average molecular weight is 262 g/mol. The number of hydrogen-bond donors (Lipinski definition) is 0. The van der Waals surface area contributed by atoms with Crippen LogP contribution in [0.15, 0.2) is 65.6 Å². The summed E-state index contributed by atoms with van der Waals surface area (Å²) in [6.07, 6.45) is 1.61. The van der Waals surface area contributed by atoms with Crippen LogP contribution in [0.3, 0.4) is 0 Å². The summed E-state index contributed by atoms with van der Waals surface area (Å²) < 4.78 is 2.97. The number of hydrogen-bond acceptors (Lipinski definition) is 3. The molecule has 20 heavy (non-hydrogen) atoms. The molecule has 4 aromatic rings. The van der Waals surface area contributed by atoms with Gasteiger partial charge in [-0.05, 0) is 24.3 Å². The zero-order valence-corrected chi connectivity index (χ0v) is 10.5. The number of nitrogens with zero attached hydrogens (tertiary/aromatic N) is 4. The second-order valence-corrected chi connectivity index (χ2v) is 4.47. The first-order chi connectivity index (χ1) is 9.84. The molecule has 2 aromatic heterocycles. The molecule has 0 N–H and O–H groups in total. The Labute approximate surface area is 113 Å². The van der Waals surface area contributed by atoms with Crippen LogP contribution in [0.5, 0.6) is 0 Å². The molecule has 0 atom stereocenters. The van der Waals surface area contributed by atoms with E-state index < -0.39 is 0 Å². The minimum absolute atomic E-state index is 0.190. The predicted octanol–water partition coefficient (Wildman–Crippen LogP) is 2.03. The maximum Gasteiger partial charge on any atom is 0.355 e. The fourth-order valence-electron chi connectivity index (χ4n) is 2.32. The molecule has 96 valence electrons. The van der Waals surface area contributed by atoms with Gasteiger partial charge in [0.05, 0.1) is 22.9 Å². The summed E-state index contributed by atoms with van der Waals surface area (Å²) in [6.45, 7) is 0. The Morgan fingerprint density at radius 2 is 1.65 bits per heavy atom. The first-order valence-corrected chi connectivity index (χ1v) is 6.25. The standard InChI is InChI=1S/C15H10N4O/c20-15-18-13-9-5-4-8-12(13)16-10-14(18)17-19(15)11-6-2-1-3-7-11/h1-10H. The molecular formula is C15H10N4O. The highest BCUT2D eigenvalue weighted by Gasteiger charge is 2.11. The molecule has 0 aliphatic carbocycles. The minimum atomic E-state index is -0.190. The van der Waals surface area contributed by atoms with Crippen molar-refractivity contribution in [2.45, 2.75) is 0 Å². The Balaban J connectivity index is 2.14. The van der Waals surface area contributed by atoms with Crippen molar-refractivity contribution < 1.29 is 0 Å². The van der Waals surface area contributed by atoms with Gasteiger partial charge in [-0.25, -0.2) is 9.20 Å². The van der Waals surface area contributed by atoms with E-state index in [1.165, 1.54) is 4.68 Å². The monoisotopic (exact) mass is 262 g/mol. The maximum absolute atomic E-state index is 12.6. The molecule has 0 unspecified atom stereocenters. The number of benzene rings is 2. The van der Waals surface area contributed by atoms with E-state index in [0.717, 1.165) is 16.7 Å². The largest absolute Gasteiger partial charge is 0.355 e. The van der Waals surface area contributed by atoms with E-state index in [1.54, 1.807) is 10.6 Å². The van der Waals surface area contributed by atoms with Crippen molar-refractivity contribution in [2.75, 3.05) is 0 Å². The molecule has 0 aliphatic rings. The van der Waals surface area contributed by atoms with Gasteiger partial charge in [0.2, 0.25) is 0 Å². The van der Waals surface area contributed by atoms with E-state index in [0.29, 0.717) is 5.65 Å². The van der Waals surface area contributed by atoms with E-state index in [1.807, 2.05) is 54.6 Å². The van der Waals surface area contributed by atoms with Crippen molar-refractivity contribution >= 4 is 16.7 Å². The van der Waals surface area contributed by atoms with Crippen molar-refractivity contribution in [1.82, 2.24) is 19.2 Å². The quantitative estimate of drug-likeness (QED) is 0.527. The van der Waals surface area contributed by atoms with E-state index in [4.69, 9.17) is 0 Å². The number of fused-ring (bicyclic) bond motifs is 3. The van der Waals surface area contributed by atoms with Crippen molar-refractivity contribution in [1.29, 1.82) is 0 Å². The predicted molar refractivity (Wildman–Crippen MR) is 76.1 cm³/mol. The topological polar surface area (TPSA) is 52.2 Å². The van der Waals surface area contributed by atoms with Gasteiger partial charge in [0.15, 0.2) is 5.65 Å². The molecule has 0 saturated heterocycles. The summed E-state index contributed by atoms with van der Waals surface area (Å²) in [7, 11) is 0. The van der Waals surface area contributed by atoms with Gasteiger partial charge >= 0.3 is 5.69 Å². The Bertz CT molecular complexity index is 969. The van der Waals surface area contributed by atoms with Crippen LogP contribution in [-0.4, -0.2) is 19.2 Å². The second-order valence-electron chi connectivity index (χ2n) is 4.47. The van der Waals surface area contributed by atoms with Crippen molar-refractivity contribution in [3.63, 3.8) is 0 Å². The highest BCUT2D eigenvalue weighted by Crippen LogP contribution is 2.12. The first kappa shape index (κ1) is 10.9. The van der Waals surface area contributed by atoms with Gasteiger partial charge in [-0.3, -0.25) is 4.98 Å². The van der Waals surface area contributed by atoms with Crippen LogP contribution in [0.4, 0.5) is 0 Å². The van der Waals surface area contributed by atoms with Gasteiger partial charge in [0.25, 0.3) is 0 Å². The van der Waals surface area contributed by atoms with Crippen molar-refractivity contribution in [3.05, 3.63) is 71.3 Å². The fourth-order valence-corrected chi connectivity index (χ4v) is 2.32. The van der Waals surface area contributed by atoms with Crippen LogP contribution in [-0.2, 0) is 0 Å². The Morgan fingerprint density at radius 3 is 2.50 bits per heavy atom. The molecule has 0 spiro atoms. The van der Waals surface area contributed by atoms with E-state index in [2.05, 4.69) is 10.1 Å². The number of para-hydroxylation sites is 3. The van der Waals surface area contributed by atoms with Crippen LogP contribution in [0.2, 0.25) is 0 Å². The third-order valence-corrected chi connectivity index (χ3v) is 3.25. The molecule has 0 bridgehead atoms. The molecule has 0 amide bonds. The first-order valence-electron chi connectivity index (χ1n) is 6.25. The highest BCUT2D eigenvalue weighted by molar-refractivity contribution is 5.76. The lowest BCUT2D eigenvalue weighted by Crippen LogP contribution is -2.19. The SMILES string of the molecule is O=c1n(-c2ccccc2)nc2cnc3ccccc3n12. The molecule has 0 aliphatic heterocycles. The molecule has 5 heteroatoms. The molecule has 0 radical (unpaired) electrons. The molecule has 5 nitrogen and oxygen atoms in total. The summed E-state index contributed by atoms with van der Waals surface area (Å²) in [4.78, 5) is 16.9. The van der Waals surface area contributed by atoms with E-state index >= 15 is 0 Å². The third kappa shape index (κ3) is 1.46. The highest BCUT2D eigenvalue weighted by atomic mass is 16.2. The lowest BCUT2D eigenvalue weighted by Gasteiger charge is -1.98. The van der Waals surface area contributed by atoms with E-state index in [-0.39, 0.29) is 5.69 Å². The van der Waals surface area contributed by atoms with Gasteiger partial charge < -0.3 is 0 Å². The van der Waals surface area contributed by atoms with Gasteiger partial charge in [-0.1, -0.05) is 30.3 Å². The molecule has 2 aromatic carbocycles. The van der Waals surface area contributed by atoms with Gasteiger partial charge in [0.1, 0.15) is 0 Å². The lowest BCUT2D eigenvalue weighted by molar-refractivity contribution is 0.842. The Hall–Kier alpha value is -2.95. The van der Waals surface area contributed by atoms with Crippen LogP contribution < -0.4 is 5.69 Å². The van der Waals surface area contributed by atoms with Crippen molar-refractivity contribution in [2.24, 2.45) is 0 Å². The molecule has 2 heterocycles. The average Bonchev–Trinajstić information content (AvgIpc) is 2.86. The van der Waals surface area contributed by atoms with Crippen molar-refractivity contribution in [3.8, 4) is 5.69 Å². The molecule has 0 saturated carbocycles. The second kappa shape index (κ2) is 4.03. The van der Waals surface area contributed by atoms with Gasteiger partial charge in [-0.2, -0.15) is 4.68 Å². The van der Waals surface area contributed by atoms with E-state index in [9.17, 15) is 4.79 Å². The van der Waals surface area contributed by atoms with Gasteiger partial charge in [-0.15, -0.1) is 5.10 Å². The normalized spacial score (nSPS) is 11.2. The summed E-state index contributed by atoms with van der Waals surface area (Å²) in [5, 5.41) is 4.34. The van der Waals surface area contributed by atoms with Crippen LogP contribution >= 0.6 is 0 Å². The smallest absolute Gasteiger partial charge is 0.251 e. The molecule has 0 fully saturated rings. The molecular weight excluding hydrogens is 252 g/mol. The van der Waals surface area contributed by atoms with Gasteiger partial charge in [0, 0.05) is 0 Å². The maximum atomic E-state index is 12.6. The zero-order chi connectivity index (χ0) is 13.5. The minimum Gasteiger partial charge on any atom is -0.251 e. The van der Waals surface area contributed by atoms with Crippen LogP contribution in [0.25, 0.3) is 22.4 Å². The zero-order valence-electron chi connectivity index (χ0n) is 10.5.